The van der Waals surface area contributed by atoms with Crippen LogP contribution in [0.4, 0.5) is 0 Å². The van der Waals surface area contributed by atoms with Gasteiger partial charge in [0.25, 0.3) is 0 Å². The van der Waals surface area contributed by atoms with Gasteiger partial charge in [-0.25, -0.2) is 0 Å². The summed E-state index contributed by atoms with van der Waals surface area (Å²) >= 11 is 0. The van der Waals surface area contributed by atoms with Crippen LogP contribution in [0.5, 0.6) is 0 Å². The lowest BCUT2D eigenvalue weighted by molar-refractivity contribution is -0.145. The van der Waals surface area contributed by atoms with Gasteiger partial charge >= 0.3 is 5.97 Å². The quantitative estimate of drug-likeness (QED) is 0.561. The Morgan fingerprint density at radius 1 is 1.44 bits per heavy atom. The molecule has 0 aromatic heterocycles. The van der Waals surface area contributed by atoms with Crippen LogP contribution in [0.15, 0.2) is 11.6 Å². The number of carboxylic acids is 1. The van der Waals surface area contributed by atoms with Gasteiger partial charge in [0.1, 0.15) is 6.29 Å². The zero-order valence-corrected chi connectivity index (χ0v) is 10.4. The van der Waals surface area contributed by atoms with Gasteiger partial charge in [0.2, 0.25) is 0 Å². The van der Waals surface area contributed by atoms with Gasteiger partial charge in [0.15, 0.2) is 0 Å². The van der Waals surface area contributed by atoms with Gasteiger partial charge < -0.3 is 15.0 Å². The first-order valence-electron chi connectivity index (χ1n) is 5.43. The molecule has 0 bridgehead atoms. The number of aliphatic carboxylic acids is 1. The first-order valence-corrected chi connectivity index (χ1v) is 5.43. The zero-order valence-electron chi connectivity index (χ0n) is 10.4. The molecule has 2 atom stereocenters. The van der Waals surface area contributed by atoms with E-state index in [9.17, 15) is 9.59 Å². The van der Waals surface area contributed by atoms with E-state index in [-0.39, 0.29) is 5.92 Å². The van der Waals surface area contributed by atoms with Crippen LogP contribution in [0.3, 0.4) is 0 Å². The van der Waals surface area contributed by atoms with E-state index in [4.69, 9.17) is 10.2 Å². The molecule has 0 heterocycles. The highest BCUT2D eigenvalue weighted by atomic mass is 16.4. The number of allylic oxidation sites excluding steroid dienone is 2. The first kappa shape index (κ1) is 17.2. The van der Waals surface area contributed by atoms with Crippen LogP contribution < -0.4 is 0 Å². The van der Waals surface area contributed by atoms with Crippen LogP contribution in [0.25, 0.3) is 0 Å². The van der Waals surface area contributed by atoms with Gasteiger partial charge in [-0.2, -0.15) is 0 Å². The number of hydrogen-bond donors (Lipinski definition) is 2. The minimum Gasteiger partial charge on any atom is -0.481 e. The molecule has 2 N–H and O–H groups in total. The predicted octanol–water partition coefficient (Wildman–Crippen LogP) is 1.88. The van der Waals surface area contributed by atoms with Crippen molar-refractivity contribution in [2.45, 2.75) is 33.6 Å². The Hall–Kier alpha value is -1.16. The summed E-state index contributed by atoms with van der Waals surface area (Å²) in [5, 5.41) is 15.8. The Labute approximate surface area is 97.0 Å². The van der Waals surface area contributed by atoms with Crippen molar-refractivity contribution in [1.82, 2.24) is 0 Å². The summed E-state index contributed by atoms with van der Waals surface area (Å²) in [5.41, 5.74) is 1.07. The van der Waals surface area contributed by atoms with Crippen molar-refractivity contribution in [3.05, 3.63) is 11.6 Å². The van der Waals surface area contributed by atoms with E-state index in [1.54, 1.807) is 0 Å². The van der Waals surface area contributed by atoms with E-state index < -0.39 is 11.9 Å². The molecule has 0 aromatic carbocycles. The fourth-order valence-corrected chi connectivity index (χ4v) is 1.50. The molecule has 0 amide bonds. The molecule has 1 rings (SSSR count). The Balaban J connectivity index is 0. The van der Waals surface area contributed by atoms with Gasteiger partial charge in [-0.1, -0.05) is 25.5 Å². The Kier molecular flexibility index (Phi) is 11.2. The number of carbonyl (C=O) groups excluding carboxylic acids is 1. The third-order valence-electron chi connectivity index (χ3n) is 2.29. The smallest absolute Gasteiger partial charge is 0.307 e. The first-order chi connectivity index (χ1) is 7.65. The number of aliphatic hydroxyl groups excluding tert-OH is 1. The van der Waals surface area contributed by atoms with E-state index in [2.05, 4.69) is 0 Å². The lowest BCUT2D eigenvalue weighted by atomic mass is 9.81. The second-order valence-electron chi connectivity index (χ2n) is 3.23. The summed E-state index contributed by atoms with van der Waals surface area (Å²) < 4.78 is 0. The van der Waals surface area contributed by atoms with Crippen LogP contribution in [0.2, 0.25) is 0 Å². The van der Waals surface area contributed by atoms with E-state index >= 15 is 0 Å². The zero-order chi connectivity index (χ0) is 13.1. The number of aldehydes is 1. The average molecular weight is 230 g/mol. The summed E-state index contributed by atoms with van der Waals surface area (Å²) in [4.78, 5) is 21.2. The van der Waals surface area contributed by atoms with Crippen molar-refractivity contribution in [2.24, 2.45) is 11.8 Å². The number of aliphatic hydroxyl groups is 1. The van der Waals surface area contributed by atoms with Gasteiger partial charge in [0, 0.05) is 13.0 Å². The third kappa shape index (κ3) is 5.66. The van der Waals surface area contributed by atoms with Crippen molar-refractivity contribution < 1.29 is 19.8 Å². The van der Waals surface area contributed by atoms with Gasteiger partial charge in [-0.15, -0.1) is 0 Å². The number of hydrogen-bond acceptors (Lipinski definition) is 3. The molecule has 0 spiro atoms. The largest absolute Gasteiger partial charge is 0.481 e. The van der Waals surface area contributed by atoms with Crippen LogP contribution in [0.1, 0.15) is 33.6 Å². The minimum absolute atomic E-state index is 0.328. The molecule has 0 radical (unpaired) electrons. The molecule has 4 nitrogen and oxygen atoms in total. The lowest BCUT2D eigenvalue weighted by Gasteiger charge is -2.22. The fraction of sp³-hybridized carbons (Fsp3) is 0.667. The lowest BCUT2D eigenvalue weighted by Crippen LogP contribution is -2.27. The van der Waals surface area contributed by atoms with Crippen LogP contribution in [0, 0.1) is 11.8 Å². The topological polar surface area (TPSA) is 74.6 Å². The Bertz CT molecular complexity index is 233. The fourth-order valence-electron chi connectivity index (χ4n) is 1.50. The highest BCUT2D eigenvalue weighted by Crippen LogP contribution is 2.28. The molecule has 1 aliphatic carbocycles. The van der Waals surface area contributed by atoms with Gasteiger partial charge in [-0.05, 0) is 19.8 Å². The second-order valence-corrected chi connectivity index (χ2v) is 3.23. The molecule has 0 saturated heterocycles. The van der Waals surface area contributed by atoms with E-state index in [0.29, 0.717) is 12.8 Å². The summed E-state index contributed by atoms with van der Waals surface area (Å²) in [6, 6.07) is 0. The maximum atomic E-state index is 10.7. The number of rotatable bonds is 2. The van der Waals surface area contributed by atoms with Crippen molar-refractivity contribution >= 4 is 12.3 Å². The van der Waals surface area contributed by atoms with E-state index in [1.807, 2.05) is 26.8 Å². The maximum absolute atomic E-state index is 10.7. The van der Waals surface area contributed by atoms with Crippen molar-refractivity contribution in [2.75, 3.05) is 7.11 Å². The second kappa shape index (κ2) is 10.4. The molecule has 1 aliphatic rings. The normalized spacial score (nSPS) is 22.7. The minimum atomic E-state index is -0.862. The van der Waals surface area contributed by atoms with Crippen molar-refractivity contribution in [3.63, 3.8) is 0 Å². The summed E-state index contributed by atoms with van der Waals surface area (Å²) in [6.45, 7) is 5.90. The predicted molar refractivity (Wildman–Crippen MR) is 63.2 cm³/mol. The maximum Gasteiger partial charge on any atom is 0.307 e. The number of carbonyl (C=O) groups is 2. The standard InChI is InChI=1S/C9H12O3.C2H6.CH4O/c1-6-2-3-7(5-10)8(4-6)9(11)12;2*1-2/h2,5,7-8H,3-4H2,1H3,(H,11,12);1-2H3;2H,1H3/t7-,8-;;/m1../s1. The molecule has 0 fully saturated rings. The van der Waals surface area contributed by atoms with Crippen LogP contribution in [-0.4, -0.2) is 29.6 Å². The summed E-state index contributed by atoms with van der Waals surface area (Å²) in [6.07, 6.45) is 3.78. The summed E-state index contributed by atoms with van der Waals surface area (Å²) in [7, 11) is 1.00. The van der Waals surface area contributed by atoms with Gasteiger partial charge in [0.05, 0.1) is 5.92 Å². The monoisotopic (exact) mass is 230 g/mol. The van der Waals surface area contributed by atoms with Crippen molar-refractivity contribution in [1.29, 1.82) is 0 Å². The highest BCUT2D eigenvalue weighted by Gasteiger charge is 2.29. The molecule has 4 heteroatoms. The molecule has 0 saturated carbocycles. The highest BCUT2D eigenvalue weighted by molar-refractivity contribution is 5.75. The van der Waals surface area contributed by atoms with Crippen molar-refractivity contribution in [3.8, 4) is 0 Å². The van der Waals surface area contributed by atoms with E-state index in [1.165, 1.54) is 0 Å². The van der Waals surface area contributed by atoms with Gasteiger partial charge in [-0.3, -0.25) is 4.79 Å². The average Bonchev–Trinajstić information content (AvgIpc) is 2.34. The van der Waals surface area contributed by atoms with E-state index in [0.717, 1.165) is 19.0 Å². The SMILES string of the molecule is CC.CC1=CC[C@H](C=O)[C@H](C(=O)O)C1.CO. The Morgan fingerprint density at radius 2 is 1.94 bits per heavy atom. The molecular formula is C12H22O4. The summed E-state index contributed by atoms with van der Waals surface area (Å²) in [5.74, 6) is -1.70. The van der Waals surface area contributed by atoms with Crippen LogP contribution >= 0.6 is 0 Å². The molecule has 0 aromatic rings. The number of carboxylic acid groups (broad SMARTS) is 1. The van der Waals surface area contributed by atoms with Crippen LogP contribution in [-0.2, 0) is 9.59 Å². The molecule has 0 aliphatic heterocycles. The molecule has 0 unspecified atom stereocenters. The molecule has 94 valence electrons. The molecular weight excluding hydrogens is 208 g/mol. The molecule has 16 heavy (non-hydrogen) atoms. The Morgan fingerprint density at radius 3 is 2.31 bits per heavy atom. The third-order valence-corrected chi connectivity index (χ3v) is 2.29.